The molecule has 1 N–H and O–H groups in total. The second-order valence-corrected chi connectivity index (χ2v) is 6.85. The van der Waals surface area contributed by atoms with E-state index in [1.54, 1.807) is 6.20 Å². The maximum atomic E-state index is 12.2. The lowest BCUT2D eigenvalue weighted by Crippen LogP contribution is -2.40. The quantitative estimate of drug-likeness (QED) is 0.891. The molecule has 2 aromatic rings. The van der Waals surface area contributed by atoms with Crippen molar-refractivity contribution >= 4 is 16.8 Å². The summed E-state index contributed by atoms with van der Waals surface area (Å²) in [6.07, 6.45) is 2.14. The number of carbonyl (C=O) groups is 1. The van der Waals surface area contributed by atoms with Crippen molar-refractivity contribution in [2.75, 3.05) is 27.2 Å². The number of nitrogens with one attached hydrogen (secondary N) is 1. The third-order valence-corrected chi connectivity index (χ3v) is 3.58. The largest absolute Gasteiger partial charge is 0.355 e. The first-order chi connectivity index (χ1) is 10.4. The van der Waals surface area contributed by atoms with Gasteiger partial charge in [0.1, 0.15) is 0 Å². The average Bonchev–Trinajstić information content (AvgIpc) is 2.44. The van der Waals surface area contributed by atoms with Gasteiger partial charge in [-0.3, -0.25) is 9.78 Å². The van der Waals surface area contributed by atoms with E-state index in [1.165, 1.54) is 0 Å². The molecular formula is C18H25N3O. The lowest BCUT2D eigenvalue weighted by atomic mass is 9.93. The predicted molar refractivity (Wildman–Crippen MR) is 90.8 cm³/mol. The van der Waals surface area contributed by atoms with E-state index in [2.05, 4.69) is 29.0 Å². The maximum Gasteiger partial charge on any atom is 0.224 e. The Hall–Kier alpha value is -1.94. The van der Waals surface area contributed by atoms with E-state index in [1.807, 2.05) is 44.4 Å². The standard InChI is InChI=1S/C18H25N3O/c1-18(2,13-21(3)4)12-20-16(22)11-15-8-5-7-14-9-6-10-19-17(14)15/h5-10H,11-13H2,1-4H3,(H,20,22). The molecule has 1 heterocycles. The number of hydrogen-bond donors (Lipinski definition) is 1. The van der Waals surface area contributed by atoms with Crippen molar-refractivity contribution < 1.29 is 4.79 Å². The van der Waals surface area contributed by atoms with Crippen LogP contribution in [-0.2, 0) is 11.2 Å². The van der Waals surface area contributed by atoms with Crippen LogP contribution in [0, 0.1) is 5.41 Å². The van der Waals surface area contributed by atoms with Crippen molar-refractivity contribution in [3.05, 3.63) is 42.1 Å². The van der Waals surface area contributed by atoms with Crippen LogP contribution in [0.25, 0.3) is 10.9 Å². The van der Waals surface area contributed by atoms with E-state index in [0.29, 0.717) is 13.0 Å². The predicted octanol–water partition coefficient (Wildman–Crippen LogP) is 2.48. The highest BCUT2D eigenvalue weighted by molar-refractivity contribution is 5.87. The van der Waals surface area contributed by atoms with E-state index < -0.39 is 0 Å². The second kappa shape index (κ2) is 6.88. The number of benzene rings is 1. The van der Waals surface area contributed by atoms with Crippen LogP contribution in [0.1, 0.15) is 19.4 Å². The van der Waals surface area contributed by atoms with Crippen LogP contribution in [0.5, 0.6) is 0 Å². The van der Waals surface area contributed by atoms with Gasteiger partial charge in [0.25, 0.3) is 0 Å². The Morgan fingerprint density at radius 1 is 1.23 bits per heavy atom. The van der Waals surface area contributed by atoms with Crippen LogP contribution in [-0.4, -0.2) is 43.0 Å². The lowest BCUT2D eigenvalue weighted by Gasteiger charge is -2.28. The molecule has 4 heteroatoms. The van der Waals surface area contributed by atoms with Gasteiger partial charge in [-0.2, -0.15) is 0 Å². The van der Waals surface area contributed by atoms with E-state index in [-0.39, 0.29) is 11.3 Å². The Labute approximate surface area is 132 Å². The van der Waals surface area contributed by atoms with Crippen molar-refractivity contribution in [3.63, 3.8) is 0 Å². The second-order valence-electron chi connectivity index (χ2n) is 6.85. The number of amides is 1. The Bertz CT molecular complexity index is 644. The van der Waals surface area contributed by atoms with Crippen molar-refractivity contribution in [1.29, 1.82) is 0 Å². The van der Waals surface area contributed by atoms with Gasteiger partial charge in [-0.15, -0.1) is 0 Å². The monoisotopic (exact) mass is 299 g/mol. The number of rotatable bonds is 6. The molecule has 1 aromatic carbocycles. The van der Waals surface area contributed by atoms with Crippen LogP contribution < -0.4 is 5.32 Å². The molecule has 0 saturated heterocycles. The zero-order valence-electron chi connectivity index (χ0n) is 13.9. The molecule has 0 spiro atoms. The SMILES string of the molecule is CN(C)CC(C)(C)CNC(=O)Cc1cccc2cccnc12. The van der Waals surface area contributed by atoms with Crippen molar-refractivity contribution in [3.8, 4) is 0 Å². The molecule has 0 saturated carbocycles. The Morgan fingerprint density at radius 2 is 1.95 bits per heavy atom. The molecule has 1 aromatic heterocycles. The first kappa shape index (κ1) is 16.4. The van der Waals surface area contributed by atoms with Gasteiger partial charge < -0.3 is 10.2 Å². The Balaban J connectivity index is 2.00. The first-order valence-electron chi connectivity index (χ1n) is 7.61. The molecule has 0 unspecified atom stereocenters. The summed E-state index contributed by atoms with van der Waals surface area (Å²) in [6, 6.07) is 9.90. The molecule has 22 heavy (non-hydrogen) atoms. The van der Waals surface area contributed by atoms with Gasteiger partial charge in [0.15, 0.2) is 0 Å². The number of fused-ring (bicyclic) bond motifs is 1. The summed E-state index contributed by atoms with van der Waals surface area (Å²) >= 11 is 0. The molecule has 118 valence electrons. The van der Waals surface area contributed by atoms with Crippen LogP contribution in [0.2, 0.25) is 0 Å². The highest BCUT2D eigenvalue weighted by Gasteiger charge is 2.20. The Kier molecular flexibility index (Phi) is 5.14. The topological polar surface area (TPSA) is 45.2 Å². The minimum absolute atomic E-state index is 0.0463. The van der Waals surface area contributed by atoms with Gasteiger partial charge in [-0.05, 0) is 31.1 Å². The number of hydrogen-bond acceptors (Lipinski definition) is 3. The molecule has 0 radical (unpaired) electrons. The zero-order chi connectivity index (χ0) is 16.2. The van der Waals surface area contributed by atoms with Crippen molar-refractivity contribution in [2.45, 2.75) is 20.3 Å². The van der Waals surface area contributed by atoms with Gasteiger partial charge >= 0.3 is 0 Å². The Morgan fingerprint density at radius 3 is 2.68 bits per heavy atom. The van der Waals surface area contributed by atoms with Gasteiger partial charge in [-0.1, -0.05) is 38.1 Å². The molecule has 0 fully saturated rings. The minimum atomic E-state index is 0.0463. The number of nitrogens with zero attached hydrogens (tertiary/aromatic N) is 2. The highest BCUT2D eigenvalue weighted by atomic mass is 16.1. The van der Waals surface area contributed by atoms with E-state index >= 15 is 0 Å². The maximum absolute atomic E-state index is 12.2. The lowest BCUT2D eigenvalue weighted by molar-refractivity contribution is -0.120. The molecule has 0 atom stereocenters. The van der Waals surface area contributed by atoms with Crippen LogP contribution in [0.4, 0.5) is 0 Å². The summed E-state index contributed by atoms with van der Waals surface area (Å²) in [4.78, 5) is 18.8. The molecule has 0 aliphatic carbocycles. The fourth-order valence-corrected chi connectivity index (χ4v) is 2.80. The van der Waals surface area contributed by atoms with Crippen molar-refractivity contribution in [1.82, 2.24) is 15.2 Å². The minimum Gasteiger partial charge on any atom is -0.355 e. The summed E-state index contributed by atoms with van der Waals surface area (Å²) in [5.41, 5.74) is 1.93. The fourth-order valence-electron chi connectivity index (χ4n) is 2.80. The molecule has 2 rings (SSSR count). The number of pyridine rings is 1. The normalized spacial score (nSPS) is 11.9. The molecule has 0 aliphatic rings. The average molecular weight is 299 g/mol. The van der Waals surface area contributed by atoms with Crippen LogP contribution >= 0.6 is 0 Å². The zero-order valence-corrected chi connectivity index (χ0v) is 13.9. The summed E-state index contributed by atoms with van der Waals surface area (Å²) in [5, 5.41) is 4.12. The van der Waals surface area contributed by atoms with Gasteiger partial charge in [0.2, 0.25) is 5.91 Å². The third kappa shape index (κ3) is 4.53. The van der Waals surface area contributed by atoms with E-state index in [4.69, 9.17) is 0 Å². The molecule has 1 amide bonds. The van der Waals surface area contributed by atoms with Crippen LogP contribution in [0.15, 0.2) is 36.5 Å². The third-order valence-electron chi connectivity index (χ3n) is 3.58. The van der Waals surface area contributed by atoms with Gasteiger partial charge in [-0.25, -0.2) is 0 Å². The summed E-state index contributed by atoms with van der Waals surface area (Å²) in [7, 11) is 4.09. The molecule has 0 aliphatic heterocycles. The summed E-state index contributed by atoms with van der Waals surface area (Å²) < 4.78 is 0. The van der Waals surface area contributed by atoms with Crippen molar-refractivity contribution in [2.24, 2.45) is 5.41 Å². The summed E-state index contributed by atoms with van der Waals surface area (Å²) in [6.45, 7) is 5.92. The van der Waals surface area contributed by atoms with Gasteiger partial charge in [0.05, 0.1) is 11.9 Å². The number of carbonyl (C=O) groups excluding carboxylic acids is 1. The van der Waals surface area contributed by atoms with Crippen LogP contribution in [0.3, 0.4) is 0 Å². The van der Waals surface area contributed by atoms with E-state index in [9.17, 15) is 4.79 Å². The molecule has 4 nitrogen and oxygen atoms in total. The van der Waals surface area contributed by atoms with Gasteiger partial charge in [0, 0.05) is 24.7 Å². The molecule has 0 bridgehead atoms. The molecular weight excluding hydrogens is 274 g/mol. The summed E-state index contributed by atoms with van der Waals surface area (Å²) in [5.74, 6) is 0.0463. The number of aromatic nitrogens is 1. The fraction of sp³-hybridized carbons (Fsp3) is 0.444. The first-order valence-corrected chi connectivity index (χ1v) is 7.61. The highest BCUT2D eigenvalue weighted by Crippen LogP contribution is 2.17. The smallest absolute Gasteiger partial charge is 0.224 e. The number of para-hydroxylation sites is 1. The van der Waals surface area contributed by atoms with E-state index in [0.717, 1.165) is 23.0 Å².